The fourth-order valence-electron chi connectivity index (χ4n) is 1.70. The van der Waals surface area contributed by atoms with Crippen molar-refractivity contribution in [1.82, 2.24) is 10.2 Å². The minimum atomic E-state index is -0.132. The van der Waals surface area contributed by atoms with Crippen LogP contribution in [0.1, 0.15) is 30.9 Å². The highest BCUT2D eigenvalue weighted by molar-refractivity contribution is 6.29. The van der Waals surface area contributed by atoms with Gasteiger partial charge in [0.25, 0.3) is 5.88 Å². The van der Waals surface area contributed by atoms with Gasteiger partial charge in [0.2, 0.25) is 0 Å². The average molecular weight is 279 g/mol. The van der Waals surface area contributed by atoms with Crippen LogP contribution in [-0.2, 0) is 0 Å². The lowest BCUT2D eigenvalue weighted by Gasteiger charge is -2.11. The van der Waals surface area contributed by atoms with Crippen LogP contribution in [0.2, 0.25) is 5.15 Å². The Balaban J connectivity index is 2.32. The summed E-state index contributed by atoms with van der Waals surface area (Å²) in [6, 6.07) is 7.20. The van der Waals surface area contributed by atoms with Crippen LogP contribution in [0.25, 0.3) is 0 Å². The van der Waals surface area contributed by atoms with Gasteiger partial charge in [-0.3, -0.25) is 0 Å². The molecule has 4 nitrogen and oxygen atoms in total. The molecule has 19 heavy (non-hydrogen) atoms. The minimum Gasteiger partial charge on any atom is -0.503 e. The second-order valence-electron chi connectivity index (χ2n) is 4.69. The molecule has 0 bridgehead atoms. The average Bonchev–Trinajstić information content (AvgIpc) is 2.32. The maximum absolute atomic E-state index is 9.69. The number of benzene rings is 1. The van der Waals surface area contributed by atoms with Gasteiger partial charge in [0.1, 0.15) is 5.75 Å². The summed E-state index contributed by atoms with van der Waals surface area (Å²) in [5.74, 6) is 0.931. The first-order chi connectivity index (χ1) is 8.95. The van der Waals surface area contributed by atoms with Gasteiger partial charge in [-0.1, -0.05) is 31.5 Å². The van der Waals surface area contributed by atoms with E-state index in [2.05, 4.69) is 30.1 Å². The molecule has 1 N–H and O–H groups in total. The number of aryl methyl sites for hydroxylation is 1. The molecule has 0 aliphatic heterocycles. The molecule has 0 aliphatic carbocycles. The number of halogens is 1. The smallest absolute Gasteiger partial charge is 0.281 e. The molecule has 100 valence electrons. The molecule has 0 amide bonds. The first-order valence-electron chi connectivity index (χ1n) is 5.97. The Bertz CT molecular complexity index is 600. The summed E-state index contributed by atoms with van der Waals surface area (Å²) in [4.78, 5) is 0. The normalized spacial score (nSPS) is 10.8. The summed E-state index contributed by atoms with van der Waals surface area (Å²) in [5, 5.41) is 17.2. The lowest BCUT2D eigenvalue weighted by Crippen LogP contribution is -1.94. The van der Waals surface area contributed by atoms with Crippen LogP contribution in [0.5, 0.6) is 17.4 Å². The van der Waals surface area contributed by atoms with E-state index >= 15 is 0 Å². The summed E-state index contributed by atoms with van der Waals surface area (Å²) in [6.45, 7) is 6.21. The maximum atomic E-state index is 9.69. The van der Waals surface area contributed by atoms with E-state index < -0.39 is 0 Å². The number of rotatable bonds is 3. The van der Waals surface area contributed by atoms with Gasteiger partial charge in [0.15, 0.2) is 10.9 Å². The predicted molar refractivity (Wildman–Crippen MR) is 74.0 cm³/mol. The van der Waals surface area contributed by atoms with Crippen molar-refractivity contribution in [2.45, 2.75) is 26.7 Å². The van der Waals surface area contributed by atoms with Gasteiger partial charge in [-0.2, -0.15) is 0 Å². The van der Waals surface area contributed by atoms with Crippen LogP contribution in [0.4, 0.5) is 0 Å². The van der Waals surface area contributed by atoms with Gasteiger partial charge < -0.3 is 9.84 Å². The van der Waals surface area contributed by atoms with Gasteiger partial charge in [0.05, 0.1) is 0 Å². The Morgan fingerprint density at radius 2 is 1.89 bits per heavy atom. The summed E-state index contributed by atoms with van der Waals surface area (Å²) < 4.78 is 5.55. The van der Waals surface area contributed by atoms with Crippen LogP contribution in [0, 0.1) is 6.92 Å². The molecule has 2 aromatic rings. The molecule has 0 atom stereocenters. The monoisotopic (exact) mass is 278 g/mol. The van der Waals surface area contributed by atoms with Gasteiger partial charge in [-0.15, -0.1) is 10.2 Å². The Kier molecular flexibility index (Phi) is 3.90. The number of hydrogen-bond donors (Lipinski definition) is 1. The van der Waals surface area contributed by atoms with Crippen molar-refractivity contribution in [2.24, 2.45) is 0 Å². The third-order valence-corrected chi connectivity index (χ3v) is 2.85. The van der Waals surface area contributed by atoms with Crippen LogP contribution in [0.15, 0.2) is 24.3 Å². The topological polar surface area (TPSA) is 55.2 Å². The molecule has 0 saturated carbocycles. The van der Waals surface area contributed by atoms with Gasteiger partial charge >= 0.3 is 0 Å². The summed E-state index contributed by atoms with van der Waals surface area (Å²) in [6.07, 6.45) is 0. The molecule has 0 unspecified atom stereocenters. The number of nitrogens with zero attached hydrogens (tertiary/aromatic N) is 2. The Hall–Kier alpha value is -1.81. The summed E-state index contributed by atoms with van der Waals surface area (Å²) in [7, 11) is 0. The van der Waals surface area contributed by atoms with E-state index in [9.17, 15) is 5.11 Å². The maximum Gasteiger partial charge on any atom is 0.281 e. The molecule has 0 aliphatic rings. The zero-order valence-corrected chi connectivity index (χ0v) is 11.8. The van der Waals surface area contributed by atoms with Crippen molar-refractivity contribution >= 4 is 11.6 Å². The second kappa shape index (κ2) is 5.45. The van der Waals surface area contributed by atoms with Crippen molar-refractivity contribution in [1.29, 1.82) is 0 Å². The zero-order valence-electron chi connectivity index (χ0n) is 11.0. The van der Waals surface area contributed by atoms with E-state index in [0.29, 0.717) is 11.7 Å². The molecule has 2 rings (SSSR count). The molecule has 0 radical (unpaired) electrons. The molecule has 0 spiro atoms. The number of ether oxygens (including phenoxy) is 1. The van der Waals surface area contributed by atoms with Gasteiger partial charge in [-0.25, -0.2) is 0 Å². The fourth-order valence-corrected chi connectivity index (χ4v) is 1.84. The SMILES string of the molecule is Cc1cc(Oc2nnc(Cl)cc2O)cc(C(C)C)c1. The van der Waals surface area contributed by atoms with E-state index in [0.717, 1.165) is 11.1 Å². The number of aromatic hydroxyl groups is 1. The van der Waals surface area contributed by atoms with E-state index in [-0.39, 0.29) is 16.8 Å². The standard InChI is InChI=1S/C14H15ClN2O2/c1-8(2)10-4-9(3)5-11(6-10)19-14-12(18)7-13(15)16-17-14/h4-8H,1-3H3,(H,16,18). The number of aromatic nitrogens is 2. The molecule has 5 heteroatoms. The van der Waals surface area contributed by atoms with Crippen molar-refractivity contribution in [3.63, 3.8) is 0 Å². The molecule has 1 heterocycles. The fraction of sp³-hybridized carbons (Fsp3) is 0.286. The minimum absolute atomic E-state index is 0.0460. The lowest BCUT2D eigenvalue weighted by atomic mass is 10.0. The third-order valence-electron chi connectivity index (χ3n) is 2.67. The van der Waals surface area contributed by atoms with Crippen LogP contribution in [0.3, 0.4) is 0 Å². The highest BCUT2D eigenvalue weighted by atomic mass is 35.5. The third kappa shape index (κ3) is 3.35. The molecular formula is C14H15ClN2O2. The molecule has 0 saturated heterocycles. The highest BCUT2D eigenvalue weighted by Gasteiger charge is 2.09. The van der Waals surface area contributed by atoms with E-state index in [4.69, 9.17) is 16.3 Å². The lowest BCUT2D eigenvalue weighted by molar-refractivity contribution is 0.391. The Morgan fingerprint density at radius 3 is 2.53 bits per heavy atom. The largest absolute Gasteiger partial charge is 0.503 e. The summed E-state index contributed by atoms with van der Waals surface area (Å²) >= 11 is 5.62. The highest BCUT2D eigenvalue weighted by Crippen LogP contribution is 2.31. The first-order valence-corrected chi connectivity index (χ1v) is 6.35. The first kappa shape index (κ1) is 13.6. The van der Waals surface area contributed by atoms with Gasteiger partial charge in [0, 0.05) is 6.07 Å². The number of hydrogen-bond acceptors (Lipinski definition) is 4. The second-order valence-corrected chi connectivity index (χ2v) is 5.08. The molecular weight excluding hydrogens is 264 g/mol. The molecule has 1 aromatic heterocycles. The Labute approximate surface area is 117 Å². The van der Waals surface area contributed by atoms with Crippen LogP contribution in [-0.4, -0.2) is 15.3 Å². The van der Waals surface area contributed by atoms with Crippen LogP contribution < -0.4 is 4.74 Å². The quantitative estimate of drug-likeness (QED) is 0.920. The zero-order chi connectivity index (χ0) is 14.0. The summed E-state index contributed by atoms with van der Waals surface area (Å²) in [5.41, 5.74) is 2.25. The van der Waals surface area contributed by atoms with E-state index in [1.54, 1.807) is 0 Å². The Morgan fingerprint density at radius 1 is 1.16 bits per heavy atom. The van der Waals surface area contributed by atoms with E-state index in [1.807, 2.05) is 19.1 Å². The van der Waals surface area contributed by atoms with Crippen molar-refractivity contribution in [3.8, 4) is 17.4 Å². The van der Waals surface area contributed by atoms with Gasteiger partial charge in [-0.05, 0) is 36.1 Å². The van der Waals surface area contributed by atoms with Crippen molar-refractivity contribution < 1.29 is 9.84 Å². The molecule has 0 fully saturated rings. The predicted octanol–water partition coefficient (Wildman–Crippen LogP) is 4.06. The van der Waals surface area contributed by atoms with E-state index in [1.165, 1.54) is 6.07 Å². The van der Waals surface area contributed by atoms with Crippen molar-refractivity contribution in [3.05, 3.63) is 40.5 Å². The molecule has 1 aromatic carbocycles. The van der Waals surface area contributed by atoms with Crippen molar-refractivity contribution in [2.75, 3.05) is 0 Å². The van der Waals surface area contributed by atoms with Crippen LogP contribution >= 0.6 is 11.6 Å².